The van der Waals surface area contributed by atoms with Gasteiger partial charge in [0.05, 0.1) is 19.3 Å². The molecule has 7 heteroatoms. The van der Waals surface area contributed by atoms with Crippen LogP contribution in [0.2, 0.25) is 0 Å². The van der Waals surface area contributed by atoms with Crippen LogP contribution in [0.5, 0.6) is 5.75 Å². The van der Waals surface area contributed by atoms with E-state index in [-0.39, 0.29) is 5.03 Å². The van der Waals surface area contributed by atoms with E-state index < -0.39 is 16.6 Å². The lowest BCUT2D eigenvalue weighted by Gasteiger charge is -2.19. The van der Waals surface area contributed by atoms with Gasteiger partial charge in [-0.15, -0.1) is 0 Å². The van der Waals surface area contributed by atoms with E-state index in [9.17, 15) is 9.32 Å². The molecule has 3 N–H and O–H groups in total. The minimum atomic E-state index is -1.68. The van der Waals surface area contributed by atoms with Crippen molar-refractivity contribution in [2.45, 2.75) is 31.0 Å². The van der Waals surface area contributed by atoms with Gasteiger partial charge in [-0.05, 0) is 31.5 Å². The van der Waals surface area contributed by atoms with Crippen molar-refractivity contribution < 1.29 is 14.1 Å². The van der Waals surface area contributed by atoms with Crippen molar-refractivity contribution in [3.05, 3.63) is 41.6 Å². The third kappa shape index (κ3) is 3.69. The Morgan fingerprint density at radius 3 is 2.48 bits per heavy atom. The fourth-order valence-electron chi connectivity index (χ4n) is 2.01. The summed E-state index contributed by atoms with van der Waals surface area (Å²) >= 11 is 0. The minimum Gasteiger partial charge on any atom is -0.497 e. The van der Waals surface area contributed by atoms with Crippen LogP contribution in [-0.2, 0) is 23.1 Å². The minimum absolute atomic E-state index is 0.251. The fraction of sp³-hybridized carbons (Fsp3) is 0.357. The van der Waals surface area contributed by atoms with Crippen molar-refractivity contribution in [3.63, 3.8) is 0 Å². The van der Waals surface area contributed by atoms with Gasteiger partial charge in [-0.2, -0.15) is 5.10 Å². The second-order valence-corrected chi connectivity index (χ2v) is 6.24. The highest BCUT2D eigenvalue weighted by molar-refractivity contribution is 7.82. The number of rotatable bonds is 5. The average molecular weight is 309 g/mol. The van der Waals surface area contributed by atoms with Gasteiger partial charge in [0.25, 0.3) is 0 Å². The third-order valence-electron chi connectivity index (χ3n) is 3.08. The highest BCUT2D eigenvalue weighted by atomic mass is 32.2. The number of nitrogens with zero attached hydrogens (tertiary/aromatic N) is 2. The van der Waals surface area contributed by atoms with E-state index in [4.69, 9.17) is 9.88 Å². The maximum atomic E-state index is 11.4. The molecule has 0 aliphatic carbocycles. The molecule has 1 aromatic heterocycles. The zero-order chi connectivity index (χ0) is 15.6. The van der Waals surface area contributed by atoms with Crippen molar-refractivity contribution in [2.24, 2.45) is 5.14 Å². The molecule has 0 amide bonds. The summed E-state index contributed by atoms with van der Waals surface area (Å²) in [5.74, 6) is 0.769. The lowest BCUT2D eigenvalue weighted by molar-refractivity contribution is 0.0688. The van der Waals surface area contributed by atoms with Gasteiger partial charge in [-0.3, -0.25) is 4.68 Å². The molecule has 0 saturated carbocycles. The van der Waals surface area contributed by atoms with Gasteiger partial charge in [0.1, 0.15) is 22.3 Å². The van der Waals surface area contributed by atoms with Crippen LogP contribution in [0.15, 0.2) is 35.4 Å². The number of methoxy groups -OCH3 is 1. The zero-order valence-electron chi connectivity index (χ0n) is 12.2. The summed E-state index contributed by atoms with van der Waals surface area (Å²) in [6.45, 7) is 3.75. The van der Waals surface area contributed by atoms with Gasteiger partial charge in [0.2, 0.25) is 0 Å². The molecule has 2 rings (SSSR count). The normalized spacial score (nSPS) is 13.2. The van der Waals surface area contributed by atoms with E-state index in [1.807, 2.05) is 24.3 Å². The molecule has 0 bridgehead atoms. The van der Waals surface area contributed by atoms with Crippen molar-refractivity contribution in [3.8, 4) is 5.75 Å². The average Bonchev–Trinajstić information content (AvgIpc) is 2.84. The molecule has 0 radical (unpaired) electrons. The molecule has 21 heavy (non-hydrogen) atoms. The first-order valence-electron chi connectivity index (χ1n) is 6.41. The lowest BCUT2D eigenvalue weighted by atomic mass is 10.1. The van der Waals surface area contributed by atoms with Crippen LogP contribution in [-0.4, -0.2) is 26.2 Å². The quantitative estimate of drug-likeness (QED) is 0.867. The van der Waals surface area contributed by atoms with E-state index in [2.05, 4.69) is 5.10 Å². The summed E-state index contributed by atoms with van der Waals surface area (Å²) in [6, 6.07) is 9.09. The Balaban J connectivity index is 2.35. The standard InChI is InChI=1S/C14H19N3O3S/c1-14(2,18)12-8-13(21(15)19)16-17(12)9-10-4-6-11(20-3)7-5-10/h4-8,18H,9,15H2,1-3H3. The summed E-state index contributed by atoms with van der Waals surface area (Å²) in [5, 5.41) is 20.0. The molecule has 1 aromatic carbocycles. The number of aromatic nitrogens is 2. The van der Waals surface area contributed by atoms with Gasteiger partial charge in [-0.25, -0.2) is 9.35 Å². The van der Waals surface area contributed by atoms with Crippen LogP contribution in [0.3, 0.4) is 0 Å². The number of hydrogen-bond acceptors (Lipinski definition) is 4. The summed E-state index contributed by atoms with van der Waals surface area (Å²) in [4.78, 5) is 0. The van der Waals surface area contributed by atoms with E-state index in [1.165, 1.54) is 0 Å². The number of aliphatic hydroxyl groups is 1. The molecule has 0 spiro atoms. The Morgan fingerprint density at radius 1 is 1.38 bits per heavy atom. The Bertz CT molecular complexity index is 644. The van der Waals surface area contributed by atoms with E-state index in [0.717, 1.165) is 11.3 Å². The van der Waals surface area contributed by atoms with Gasteiger partial charge in [0.15, 0.2) is 5.03 Å². The van der Waals surface area contributed by atoms with Gasteiger partial charge in [-0.1, -0.05) is 12.1 Å². The first-order valence-corrected chi connectivity index (χ1v) is 7.62. The topological polar surface area (TPSA) is 90.4 Å². The second kappa shape index (κ2) is 5.97. The van der Waals surface area contributed by atoms with E-state index in [0.29, 0.717) is 12.2 Å². The summed E-state index contributed by atoms with van der Waals surface area (Å²) in [6.07, 6.45) is 0. The maximum absolute atomic E-state index is 11.4. The van der Waals surface area contributed by atoms with Crippen molar-refractivity contribution >= 4 is 11.0 Å². The van der Waals surface area contributed by atoms with Crippen molar-refractivity contribution in [1.82, 2.24) is 9.78 Å². The number of nitrogens with two attached hydrogens (primary N) is 1. The molecule has 114 valence electrons. The summed E-state index contributed by atoms with van der Waals surface area (Å²) in [7, 11) is -0.0705. The smallest absolute Gasteiger partial charge is 0.164 e. The van der Waals surface area contributed by atoms with Crippen LogP contribution in [0.4, 0.5) is 0 Å². The molecule has 1 heterocycles. The third-order valence-corrected chi connectivity index (χ3v) is 3.69. The highest BCUT2D eigenvalue weighted by Gasteiger charge is 2.24. The predicted octanol–water partition coefficient (Wildman–Crippen LogP) is 1.15. The molecule has 0 aliphatic rings. The molecule has 0 aliphatic heterocycles. The van der Waals surface area contributed by atoms with Gasteiger partial charge >= 0.3 is 0 Å². The molecular weight excluding hydrogens is 290 g/mol. The van der Waals surface area contributed by atoms with Crippen LogP contribution in [0.25, 0.3) is 0 Å². The number of benzene rings is 1. The Labute approximate surface area is 126 Å². The molecule has 6 nitrogen and oxygen atoms in total. The lowest BCUT2D eigenvalue weighted by Crippen LogP contribution is -2.21. The Kier molecular flexibility index (Phi) is 4.46. The van der Waals surface area contributed by atoms with E-state index >= 15 is 0 Å². The van der Waals surface area contributed by atoms with Gasteiger partial charge in [0, 0.05) is 6.07 Å². The van der Waals surface area contributed by atoms with Crippen molar-refractivity contribution in [1.29, 1.82) is 0 Å². The highest BCUT2D eigenvalue weighted by Crippen LogP contribution is 2.23. The molecular formula is C14H19N3O3S. The molecule has 0 fully saturated rings. The molecule has 1 unspecified atom stereocenters. The predicted molar refractivity (Wildman–Crippen MR) is 80.2 cm³/mol. The number of hydrogen-bond donors (Lipinski definition) is 2. The van der Waals surface area contributed by atoms with Gasteiger partial charge < -0.3 is 9.84 Å². The maximum Gasteiger partial charge on any atom is 0.164 e. The molecule has 1 atom stereocenters. The van der Waals surface area contributed by atoms with Crippen LogP contribution in [0, 0.1) is 0 Å². The van der Waals surface area contributed by atoms with E-state index in [1.54, 1.807) is 31.7 Å². The van der Waals surface area contributed by atoms with Crippen LogP contribution in [0.1, 0.15) is 25.1 Å². The zero-order valence-corrected chi connectivity index (χ0v) is 13.1. The van der Waals surface area contributed by atoms with Crippen LogP contribution >= 0.6 is 0 Å². The summed E-state index contributed by atoms with van der Waals surface area (Å²) < 4.78 is 18.1. The largest absolute Gasteiger partial charge is 0.497 e. The fourth-order valence-corrected chi connectivity index (χ4v) is 2.42. The number of ether oxygens (including phenoxy) is 1. The van der Waals surface area contributed by atoms with Crippen LogP contribution < -0.4 is 9.88 Å². The first kappa shape index (κ1) is 15.7. The summed E-state index contributed by atoms with van der Waals surface area (Å²) in [5.41, 5.74) is 0.447. The monoisotopic (exact) mass is 309 g/mol. The Morgan fingerprint density at radius 2 is 2.00 bits per heavy atom. The Hall–Kier alpha value is -1.70. The SMILES string of the molecule is COc1ccc(Cn2nc(S(N)=O)cc2C(C)(C)O)cc1. The van der Waals surface area contributed by atoms with Crippen molar-refractivity contribution in [2.75, 3.05) is 7.11 Å². The molecule has 2 aromatic rings. The molecule has 0 saturated heterocycles. The second-order valence-electron chi connectivity index (χ2n) is 5.23. The first-order chi connectivity index (χ1) is 9.81.